The minimum Gasteiger partial charge on any atom is -0.323 e. The molecule has 0 aromatic carbocycles. The van der Waals surface area contributed by atoms with E-state index in [-0.39, 0.29) is 11.8 Å². The Hall–Kier alpha value is -2.64. The summed E-state index contributed by atoms with van der Waals surface area (Å²) in [6.45, 7) is 6.20. The number of amides is 2. The van der Waals surface area contributed by atoms with Crippen molar-refractivity contribution in [1.29, 1.82) is 0 Å². The van der Waals surface area contributed by atoms with Crippen LogP contribution in [0.3, 0.4) is 0 Å². The zero-order valence-corrected chi connectivity index (χ0v) is 13.9. The molecular weight excluding hydrogens is 296 g/mol. The SMILES string of the molecule is CCCC(=O)Nc1cnn(CC)c1C(=O)Nc1cnn(C)c1C. The van der Waals surface area contributed by atoms with Crippen LogP contribution in [-0.4, -0.2) is 31.4 Å². The zero-order valence-electron chi connectivity index (χ0n) is 13.9. The third kappa shape index (κ3) is 3.58. The Morgan fingerprint density at radius 3 is 2.39 bits per heavy atom. The number of rotatable bonds is 6. The minimum atomic E-state index is -0.327. The van der Waals surface area contributed by atoms with Crippen LogP contribution in [0.15, 0.2) is 12.4 Å². The fourth-order valence-electron chi connectivity index (χ4n) is 2.20. The summed E-state index contributed by atoms with van der Waals surface area (Å²) in [5.41, 5.74) is 2.23. The molecule has 0 fully saturated rings. The molecule has 0 saturated heterocycles. The molecule has 2 N–H and O–H groups in total. The van der Waals surface area contributed by atoms with Crippen molar-refractivity contribution in [3.05, 3.63) is 23.8 Å². The van der Waals surface area contributed by atoms with Crippen molar-refractivity contribution in [1.82, 2.24) is 19.6 Å². The van der Waals surface area contributed by atoms with Crippen molar-refractivity contribution in [2.45, 2.75) is 40.2 Å². The molecule has 0 aliphatic rings. The van der Waals surface area contributed by atoms with Gasteiger partial charge in [0.2, 0.25) is 5.91 Å². The molecule has 0 bridgehead atoms. The average Bonchev–Trinajstić information content (AvgIpc) is 3.05. The predicted octanol–water partition coefficient (Wildman–Crippen LogP) is 1.94. The Bertz CT molecular complexity index is 716. The monoisotopic (exact) mass is 318 g/mol. The van der Waals surface area contributed by atoms with E-state index < -0.39 is 0 Å². The molecule has 2 aromatic heterocycles. The Labute approximate surface area is 134 Å². The summed E-state index contributed by atoms with van der Waals surface area (Å²) in [6.07, 6.45) is 4.24. The van der Waals surface area contributed by atoms with Crippen molar-refractivity contribution in [3.8, 4) is 0 Å². The first-order chi connectivity index (χ1) is 11.0. The summed E-state index contributed by atoms with van der Waals surface area (Å²) in [4.78, 5) is 24.4. The second-order valence-electron chi connectivity index (χ2n) is 5.24. The molecule has 0 spiro atoms. The molecule has 0 aliphatic carbocycles. The summed E-state index contributed by atoms with van der Waals surface area (Å²) < 4.78 is 3.24. The molecule has 8 heteroatoms. The predicted molar refractivity (Wildman–Crippen MR) is 87.3 cm³/mol. The van der Waals surface area contributed by atoms with Crippen LogP contribution >= 0.6 is 0 Å². The number of nitrogens with zero attached hydrogens (tertiary/aromatic N) is 4. The van der Waals surface area contributed by atoms with E-state index in [0.29, 0.717) is 30.0 Å². The first-order valence-corrected chi connectivity index (χ1v) is 7.63. The topological polar surface area (TPSA) is 93.8 Å². The number of carbonyl (C=O) groups excluding carboxylic acids is 2. The largest absolute Gasteiger partial charge is 0.323 e. The Balaban J connectivity index is 2.26. The van der Waals surface area contributed by atoms with Crippen molar-refractivity contribution in [2.75, 3.05) is 10.6 Å². The van der Waals surface area contributed by atoms with Crippen molar-refractivity contribution in [3.63, 3.8) is 0 Å². The molecule has 0 unspecified atom stereocenters. The lowest BCUT2D eigenvalue weighted by Gasteiger charge is -2.09. The van der Waals surface area contributed by atoms with Crippen molar-refractivity contribution in [2.24, 2.45) is 7.05 Å². The maximum atomic E-state index is 12.6. The van der Waals surface area contributed by atoms with Gasteiger partial charge in [-0.2, -0.15) is 10.2 Å². The van der Waals surface area contributed by atoms with Crippen LogP contribution < -0.4 is 10.6 Å². The lowest BCUT2D eigenvalue weighted by atomic mass is 10.2. The van der Waals surface area contributed by atoms with Crippen LogP contribution in [0.2, 0.25) is 0 Å². The molecular formula is C15H22N6O2. The standard InChI is InChI=1S/C15H22N6O2/c1-5-7-13(22)18-12-9-17-21(6-2)14(12)15(23)19-11-8-16-20(4)10(11)3/h8-9H,5-7H2,1-4H3,(H,18,22)(H,19,23). The smallest absolute Gasteiger partial charge is 0.276 e. The van der Waals surface area contributed by atoms with E-state index >= 15 is 0 Å². The minimum absolute atomic E-state index is 0.130. The van der Waals surface area contributed by atoms with Gasteiger partial charge in [0.15, 0.2) is 0 Å². The second-order valence-corrected chi connectivity index (χ2v) is 5.24. The van der Waals surface area contributed by atoms with Gasteiger partial charge in [0.25, 0.3) is 5.91 Å². The van der Waals surface area contributed by atoms with Crippen LogP contribution in [0.25, 0.3) is 0 Å². The zero-order chi connectivity index (χ0) is 17.0. The number of hydrogen-bond donors (Lipinski definition) is 2. The molecule has 2 amide bonds. The van der Waals surface area contributed by atoms with Gasteiger partial charge in [-0.25, -0.2) is 0 Å². The number of hydrogen-bond acceptors (Lipinski definition) is 4. The molecule has 2 rings (SSSR count). The number of aryl methyl sites for hydroxylation is 2. The lowest BCUT2D eigenvalue weighted by Crippen LogP contribution is -2.21. The molecule has 0 aliphatic heterocycles. The Morgan fingerprint density at radius 2 is 1.83 bits per heavy atom. The summed E-state index contributed by atoms with van der Waals surface area (Å²) in [7, 11) is 1.80. The fourth-order valence-corrected chi connectivity index (χ4v) is 2.20. The van der Waals surface area contributed by atoms with Gasteiger partial charge in [0, 0.05) is 20.0 Å². The van der Waals surface area contributed by atoms with E-state index in [9.17, 15) is 9.59 Å². The molecule has 23 heavy (non-hydrogen) atoms. The number of anilines is 2. The number of nitrogens with one attached hydrogen (secondary N) is 2. The summed E-state index contributed by atoms with van der Waals surface area (Å²) >= 11 is 0. The Kier molecular flexibility index (Phi) is 5.15. The second kappa shape index (κ2) is 7.08. The molecule has 0 radical (unpaired) electrons. The molecule has 0 saturated carbocycles. The van der Waals surface area contributed by atoms with E-state index in [1.807, 2.05) is 20.8 Å². The summed E-state index contributed by atoms with van der Waals surface area (Å²) in [5, 5.41) is 13.8. The summed E-state index contributed by atoms with van der Waals surface area (Å²) in [5.74, 6) is -0.456. The van der Waals surface area contributed by atoms with Crippen LogP contribution in [0, 0.1) is 6.92 Å². The van der Waals surface area contributed by atoms with Gasteiger partial charge in [-0.05, 0) is 20.3 Å². The fraction of sp³-hybridized carbons (Fsp3) is 0.467. The maximum Gasteiger partial charge on any atom is 0.276 e. The van der Waals surface area contributed by atoms with Crippen LogP contribution in [0.5, 0.6) is 0 Å². The van der Waals surface area contributed by atoms with Crippen LogP contribution in [-0.2, 0) is 18.4 Å². The average molecular weight is 318 g/mol. The number of aromatic nitrogens is 4. The first-order valence-electron chi connectivity index (χ1n) is 7.63. The molecule has 8 nitrogen and oxygen atoms in total. The molecule has 2 aromatic rings. The molecule has 124 valence electrons. The van der Waals surface area contributed by atoms with Gasteiger partial charge >= 0.3 is 0 Å². The lowest BCUT2D eigenvalue weighted by molar-refractivity contribution is -0.116. The van der Waals surface area contributed by atoms with Crippen molar-refractivity contribution < 1.29 is 9.59 Å². The van der Waals surface area contributed by atoms with E-state index in [1.165, 1.54) is 6.20 Å². The van der Waals surface area contributed by atoms with E-state index in [4.69, 9.17) is 0 Å². The highest BCUT2D eigenvalue weighted by Gasteiger charge is 2.20. The van der Waals surface area contributed by atoms with Gasteiger partial charge < -0.3 is 10.6 Å². The third-order valence-electron chi connectivity index (χ3n) is 3.59. The van der Waals surface area contributed by atoms with Gasteiger partial charge in [-0.1, -0.05) is 6.92 Å². The Morgan fingerprint density at radius 1 is 1.13 bits per heavy atom. The molecule has 0 atom stereocenters. The van der Waals surface area contributed by atoms with E-state index in [2.05, 4.69) is 20.8 Å². The quantitative estimate of drug-likeness (QED) is 0.851. The third-order valence-corrected chi connectivity index (χ3v) is 3.59. The highest BCUT2D eigenvalue weighted by Crippen LogP contribution is 2.19. The van der Waals surface area contributed by atoms with Gasteiger partial charge in [0.05, 0.1) is 29.5 Å². The van der Waals surface area contributed by atoms with Crippen LogP contribution in [0.1, 0.15) is 42.9 Å². The highest BCUT2D eigenvalue weighted by molar-refractivity contribution is 6.09. The number of carbonyl (C=O) groups is 2. The van der Waals surface area contributed by atoms with Crippen LogP contribution in [0.4, 0.5) is 11.4 Å². The van der Waals surface area contributed by atoms with Gasteiger partial charge in [-0.3, -0.25) is 19.0 Å². The first kappa shape index (κ1) is 16.7. The maximum absolute atomic E-state index is 12.6. The molecule has 2 heterocycles. The van der Waals surface area contributed by atoms with E-state index in [1.54, 1.807) is 22.6 Å². The normalized spacial score (nSPS) is 10.6. The highest BCUT2D eigenvalue weighted by atomic mass is 16.2. The van der Waals surface area contributed by atoms with E-state index in [0.717, 1.165) is 12.1 Å². The summed E-state index contributed by atoms with van der Waals surface area (Å²) in [6, 6.07) is 0. The van der Waals surface area contributed by atoms with Crippen molar-refractivity contribution >= 4 is 23.2 Å². The van der Waals surface area contributed by atoms with Gasteiger partial charge in [-0.15, -0.1) is 0 Å². The van der Waals surface area contributed by atoms with Gasteiger partial charge in [0.1, 0.15) is 5.69 Å².